The van der Waals surface area contributed by atoms with Gasteiger partial charge in [0.25, 0.3) is 5.91 Å². The van der Waals surface area contributed by atoms with Gasteiger partial charge in [-0.2, -0.15) is 0 Å². The van der Waals surface area contributed by atoms with Crippen LogP contribution in [0.25, 0.3) is 0 Å². The highest BCUT2D eigenvalue weighted by molar-refractivity contribution is 6.20. The van der Waals surface area contributed by atoms with Crippen molar-refractivity contribution in [3.63, 3.8) is 0 Å². The highest BCUT2D eigenvalue weighted by Gasteiger charge is 2.30. The maximum atomic E-state index is 12.3. The fraction of sp³-hybridized carbons (Fsp3) is 0.111. The van der Waals surface area contributed by atoms with Gasteiger partial charge in [0.05, 0.1) is 11.3 Å². The number of anilines is 2. The summed E-state index contributed by atoms with van der Waals surface area (Å²) in [5.74, 6) is -2.02. The van der Waals surface area contributed by atoms with Crippen molar-refractivity contribution in [2.45, 2.75) is 12.8 Å². The van der Waals surface area contributed by atoms with Crippen molar-refractivity contribution in [2.75, 3.05) is 10.2 Å². The van der Waals surface area contributed by atoms with Crippen LogP contribution in [0.15, 0.2) is 48.5 Å². The molecule has 1 aliphatic rings. The summed E-state index contributed by atoms with van der Waals surface area (Å²) >= 11 is 0. The molecule has 3 amide bonds. The maximum absolute atomic E-state index is 12.3. The lowest BCUT2D eigenvalue weighted by Gasteiger charge is -2.14. The fourth-order valence-corrected chi connectivity index (χ4v) is 2.56. The van der Waals surface area contributed by atoms with E-state index in [0.717, 1.165) is 4.90 Å². The van der Waals surface area contributed by atoms with Crippen LogP contribution in [0.4, 0.5) is 11.4 Å². The second-order valence-corrected chi connectivity index (χ2v) is 5.51. The number of nitrogens with zero attached hydrogens (tertiary/aromatic N) is 1. The van der Waals surface area contributed by atoms with Gasteiger partial charge in [0.2, 0.25) is 11.8 Å². The number of aromatic carboxylic acids is 1. The van der Waals surface area contributed by atoms with E-state index in [9.17, 15) is 19.2 Å². The van der Waals surface area contributed by atoms with E-state index in [1.807, 2.05) is 0 Å². The number of carbonyl (C=O) groups is 4. The largest absolute Gasteiger partial charge is 0.478 e. The summed E-state index contributed by atoms with van der Waals surface area (Å²) in [5.41, 5.74) is 1.18. The van der Waals surface area contributed by atoms with Gasteiger partial charge in [-0.1, -0.05) is 6.07 Å². The molecule has 0 radical (unpaired) electrons. The quantitative estimate of drug-likeness (QED) is 0.833. The Hall–Kier alpha value is -3.48. The van der Waals surface area contributed by atoms with Crippen molar-refractivity contribution < 1.29 is 24.3 Å². The molecule has 0 unspecified atom stereocenters. The summed E-state index contributed by atoms with van der Waals surface area (Å²) in [6, 6.07) is 12.0. The zero-order chi connectivity index (χ0) is 18.0. The lowest BCUT2D eigenvalue weighted by Crippen LogP contribution is -2.28. The third-order valence-electron chi connectivity index (χ3n) is 3.81. The smallest absolute Gasteiger partial charge is 0.335 e. The van der Waals surface area contributed by atoms with Crippen molar-refractivity contribution >= 4 is 35.1 Å². The molecule has 2 N–H and O–H groups in total. The van der Waals surface area contributed by atoms with Gasteiger partial charge in [0.1, 0.15) is 0 Å². The van der Waals surface area contributed by atoms with Crippen LogP contribution in [-0.4, -0.2) is 28.8 Å². The molecule has 0 aromatic heterocycles. The van der Waals surface area contributed by atoms with Crippen molar-refractivity contribution in [3.05, 3.63) is 59.7 Å². The van der Waals surface area contributed by atoms with Gasteiger partial charge in [0, 0.05) is 24.1 Å². The molecule has 0 spiro atoms. The number of hydrogen-bond donors (Lipinski definition) is 2. The summed E-state index contributed by atoms with van der Waals surface area (Å²) in [7, 11) is 0. The van der Waals surface area contributed by atoms with Gasteiger partial charge in [-0.3, -0.25) is 19.3 Å². The van der Waals surface area contributed by atoms with Crippen LogP contribution in [0.3, 0.4) is 0 Å². The van der Waals surface area contributed by atoms with E-state index in [1.54, 1.807) is 6.07 Å². The van der Waals surface area contributed by atoms with E-state index >= 15 is 0 Å². The van der Waals surface area contributed by atoms with E-state index in [1.165, 1.54) is 42.5 Å². The predicted octanol–water partition coefficient (Wildman–Crippen LogP) is 2.29. The second-order valence-electron chi connectivity index (χ2n) is 5.51. The van der Waals surface area contributed by atoms with Crippen LogP contribution >= 0.6 is 0 Å². The first-order valence-corrected chi connectivity index (χ1v) is 7.56. The molecule has 2 aromatic carbocycles. The lowest BCUT2D eigenvalue weighted by molar-refractivity contribution is -0.121. The molecule has 7 heteroatoms. The summed E-state index contributed by atoms with van der Waals surface area (Å²) in [6.45, 7) is 0. The Morgan fingerprint density at radius 3 is 2.16 bits per heavy atom. The summed E-state index contributed by atoms with van der Waals surface area (Å²) in [6.07, 6.45) is 0.391. The first-order chi connectivity index (χ1) is 12.0. The molecule has 25 heavy (non-hydrogen) atoms. The van der Waals surface area contributed by atoms with Gasteiger partial charge in [-0.05, 0) is 42.5 Å². The van der Waals surface area contributed by atoms with E-state index in [-0.39, 0.29) is 30.2 Å². The number of benzene rings is 2. The third kappa shape index (κ3) is 3.40. The molecule has 1 fully saturated rings. The van der Waals surface area contributed by atoms with E-state index < -0.39 is 11.9 Å². The molecular formula is C18H14N2O5. The fourth-order valence-electron chi connectivity index (χ4n) is 2.56. The van der Waals surface area contributed by atoms with Crippen LogP contribution < -0.4 is 10.2 Å². The average molecular weight is 338 g/mol. The van der Waals surface area contributed by atoms with Gasteiger partial charge in [-0.25, -0.2) is 4.79 Å². The predicted molar refractivity (Wildman–Crippen MR) is 89.5 cm³/mol. The molecule has 1 heterocycles. The monoisotopic (exact) mass is 338 g/mol. The SMILES string of the molecule is O=C(O)c1cccc(NC(=O)c2ccc(N3C(=O)CCC3=O)cc2)c1. The number of rotatable bonds is 4. The lowest BCUT2D eigenvalue weighted by atomic mass is 10.1. The standard InChI is InChI=1S/C18H14N2O5/c21-15-8-9-16(22)20(15)14-6-4-11(5-7-14)17(23)19-13-3-1-2-12(10-13)18(24)25/h1-7,10H,8-9H2,(H,19,23)(H,24,25). The zero-order valence-corrected chi connectivity index (χ0v) is 13.1. The third-order valence-corrected chi connectivity index (χ3v) is 3.81. The van der Waals surface area contributed by atoms with Crippen molar-refractivity contribution in [3.8, 4) is 0 Å². The molecular weight excluding hydrogens is 324 g/mol. The van der Waals surface area contributed by atoms with Gasteiger partial charge < -0.3 is 10.4 Å². The first-order valence-electron chi connectivity index (χ1n) is 7.56. The minimum absolute atomic E-state index is 0.0687. The molecule has 0 aliphatic carbocycles. The Morgan fingerprint density at radius 1 is 0.920 bits per heavy atom. The molecule has 0 bridgehead atoms. The zero-order valence-electron chi connectivity index (χ0n) is 13.1. The Bertz CT molecular complexity index is 857. The van der Waals surface area contributed by atoms with Gasteiger partial charge >= 0.3 is 5.97 Å². The molecule has 7 nitrogen and oxygen atoms in total. The number of carboxylic acids is 1. The minimum Gasteiger partial charge on any atom is -0.478 e. The Balaban J connectivity index is 1.75. The summed E-state index contributed by atoms with van der Waals surface area (Å²) in [5, 5.41) is 11.6. The minimum atomic E-state index is -1.08. The number of carbonyl (C=O) groups excluding carboxylic acids is 3. The molecule has 1 aliphatic heterocycles. The van der Waals surface area contributed by atoms with Gasteiger partial charge in [0.15, 0.2) is 0 Å². The number of hydrogen-bond acceptors (Lipinski definition) is 4. The van der Waals surface area contributed by atoms with Crippen LogP contribution in [0.5, 0.6) is 0 Å². The molecule has 126 valence electrons. The first kappa shape index (κ1) is 16.4. The highest BCUT2D eigenvalue weighted by Crippen LogP contribution is 2.23. The Labute approximate surface area is 142 Å². The number of amides is 3. The number of imide groups is 1. The number of carboxylic acid groups (broad SMARTS) is 1. The normalized spacial score (nSPS) is 13.8. The summed E-state index contributed by atoms with van der Waals surface area (Å²) < 4.78 is 0. The molecule has 0 atom stereocenters. The van der Waals surface area contributed by atoms with Crippen LogP contribution in [0.1, 0.15) is 33.6 Å². The molecule has 0 saturated carbocycles. The number of nitrogens with one attached hydrogen (secondary N) is 1. The van der Waals surface area contributed by atoms with Crippen molar-refractivity contribution in [2.24, 2.45) is 0 Å². The van der Waals surface area contributed by atoms with Gasteiger partial charge in [-0.15, -0.1) is 0 Å². The van der Waals surface area contributed by atoms with Crippen LogP contribution in [-0.2, 0) is 9.59 Å². The maximum Gasteiger partial charge on any atom is 0.335 e. The van der Waals surface area contributed by atoms with Crippen LogP contribution in [0, 0.1) is 0 Å². The molecule has 3 rings (SSSR count). The second kappa shape index (κ2) is 6.56. The summed E-state index contributed by atoms with van der Waals surface area (Å²) in [4.78, 5) is 47.7. The van der Waals surface area contributed by atoms with E-state index in [2.05, 4.69) is 5.32 Å². The van der Waals surface area contributed by atoms with E-state index in [4.69, 9.17) is 5.11 Å². The van der Waals surface area contributed by atoms with E-state index in [0.29, 0.717) is 16.9 Å². The van der Waals surface area contributed by atoms with Crippen molar-refractivity contribution in [1.29, 1.82) is 0 Å². The molecule has 2 aromatic rings. The Morgan fingerprint density at radius 2 is 1.56 bits per heavy atom. The van der Waals surface area contributed by atoms with Crippen molar-refractivity contribution in [1.82, 2.24) is 0 Å². The highest BCUT2D eigenvalue weighted by atomic mass is 16.4. The Kier molecular flexibility index (Phi) is 4.30. The topological polar surface area (TPSA) is 104 Å². The molecule has 1 saturated heterocycles. The van der Waals surface area contributed by atoms with Crippen LogP contribution in [0.2, 0.25) is 0 Å². The average Bonchev–Trinajstić information content (AvgIpc) is 2.94.